The highest BCUT2D eigenvalue weighted by atomic mass is 79.9. The van der Waals surface area contributed by atoms with Gasteiger partial charge in [0, 0.05) is 17.8 Å². The molecule has 106 valence electrons. The Kier molecular flexibility index (Phi) is 4.84. The maximum Gasteiger partial charge on any atom is 0.269 e. The van der Waals surface area contributed by atoms with Gasteiger partial charge in [-0.05, 0) is 39.7 Å². The molecular formula is C15H11BrN2O3. The summed E-state index contributed by atoms with van der Waals surface area (Å²) in [7, 11) is 0. The summed E-state index contributed by atoms with van der Waals surface area (Å²) in [6.07, 6.45) is 1.70. The van der Waals surface area contributed by atoms with Crippen LogP contribution in [0, 0.1) is 10.1 Å². The molecule has 0 atom stereocenters. The highest BCUT2D eigenvalue weighted by molar-refractivity contribution is 9.12. The summed E-state index contributed by atoms with van der Waals surface area (Å²) >= 11 is 3.22. The van der Waals surface area contributed by atoms with Crippen LogP contribution >= 0.6 is 15.9 Å². The van der Waals surface area contributed by atoms with Crippen LogP contribution in [0.2, 0.25) is 0 Å². The van der Waals surface area contributed by atoms with Gasteiger partial charge in [-0.2, -0.15) is 0 Å². The predicted molar refractivity (Wildman–Crippen MR) is 85.1 cm³/mol. The minimum absolute atomic E-state index is 0.0214. The second-order valence-corrected chi connectivity index (χ2v) is 5.02. The zero-order valence-corrected chi connectivity index (χ0v) is 12.4. The lowest BCUT2D eigenvalue weighted by atomic mass is 10.2. The van der Waals surface area contributed by atoms with E-state index < -0.39 is 4.92 Å². The molecule has 1 N–H and O–H groups in total. The van der Waals surface area contributed by atoms with Crippen LogP contribution < -0.4 is 5.32 Å². The van der Waals surface area contributed by atoms with Gasteiger partial charge in [0.25, 0.3) is 11.6 Å². The number of nitrogens with zero attached hydrogens (tertiary/aromatic N) is 1. The normalized spacial score (nSPS) is 11.0. The second kappa shape index (κ2) is 6.81. The van der Waals surface area contributed by atoms with Crippen LogP contribution in [0.1, 0.15) is 5.56 Å². The van der Waals surface area contributed by atoms with Crippen LogP contribution in [-0.2, 0) is 4.79 Å². The minimum Gasteiger partial charge on any atom is -0.322 e. The molecule has 0 saturated carbocycles. The number of carbonyl (C=O) groups excluding carboxylic acids is 1. The molecule has 2 rings (SSSR count). The molecule has 0 radical (unpaired) electrons. The molecule has 0 fully saturated rings. The molecule has 21 heavy (non-hydrogen) atoms. The number of hydrogen-bond donors (Lipinski definition) is 1. The van der Waals surface area contributed by atoms with E-state index in [1.54, 1.807) is 6.08 Å². The van der Waals surface area contributed by atoms with Crippen molar-refractivity contribution in [2.75, 3.05) is 5.32 Å². The van der Waals surface area contributed by atoms with E-state index in [-0.39, 0.29) is 11.6 Å². The van der Waals surface area contributed by atoms with Crippen LogP contribution in [0.5, 0.6) is 0 Å². The lowest BCUT2D eigenvalue weighted by Gasteiger charge is -2.04. The van der Waals surface area contributed by atoms with Gasteiger partial charge in [0.05, 0.1) is 9.41 Å². The number of halogens is 1. The maximum absolute atomic E-state index is 12.0. The Morgan fingerprint density at radius 2 is 1.71 bits per heavy atom. The van der Waals surface area contributed by atoms with Crippen LogP contribution in [0.3, 0.4) is 0 Å². The Morgan fingerprint density at radius 3 is 2.29 bits per heavy atom. The fourth-order valence-corrected chi connectivity index (χ4v) is 1.98. The zero-order chi connectivity index (χ0) is 15.2. The van der Waals surface area contributed by atoms with E-state index in [9.17, 15) is 14.9 Å². The highest BCUT2D eigenvalue weighted by Gasteiger charge is 2.08. The SMILES string of the molecule is O=C(Nc1ccc([N+](=O)[O-])cc1)/C(Br)=C/c1ccccc1. The van der Waals surface area contributed by atoms with Crippen molar-refractivity contribution >= 4 is 39.3 Å². The third-order valence-corrected chi connectivity index (χ3v) is 3.23. The Morgan fingerprint density at radius 1 is 1.10 bits per heavy atom. The Balaban J connectivity index is 2.07. The standard InChI is InChI=1S/C15H11BrN2O3/c16-14(10-11-4-2-1-3-5-11)15(19)17-12-6-8-13(9-7-12)18(20)21/h1-10H,(H,17,19)/b14-10-. The Hall–Kier alpha value is -2.47. The number of hydrogen-bond acceptors (Lipinski definition) is 3. The summed E-state index contributed by atoms with van der Waals surface area (Å²) in [6.45, 7) is 0. The third-order valence-electron chi connectivity index (χ3n) is 2.65. The number of carbonyl (C=O) groups is 1. The number of benzene rings is 2. The molecule has 6 heteroatoms. The third kappa shape index (κ3) is 4.25. The minimum atomic E-state index is -0.489. The van der Waals surface area contributed by atoms with E-state index in [1.165, 1.54) is 24.3 Å². The molecule has 0 unspecified atom stereocenters. The molecule has 0 aromatic heterocycles. The number of rotatable bonds is 4. The molecule has 5 nitrogen and oxygen atoms in total. The largest absolute Gasteiger partial charge is 0.322 e. The number of amides is 1. The number of anilines is 1. The van der Waals surface area contributed by atoms with Gasteiger partial charge in [0.15, 0.2) is 0 Å². The van der Waals surface area contributed by atoms with Crippen molar-refractivity contribution in [3.05, 3.63) is 74.8 Å². The first-order valence-electron chi connectivity index (χ1n) is 6.04. The summed E-state index contributed by atoms with van der Waals surface area (Å²) in [4.78, 5) is 22.0. The van der Waals surface area contributed by atoms with Gasteiger partial charge in [-0.25, -0.2) is 0 Å². The Bertz CT molecular complexity index is 682. The van der Waals surface area contributed by atoms with Gasteiger partial charge >= 0.3 is 0 Å². The predicted octanol–water partition coefficient (Wildman–Crippen LogP) is 3.97. The van der Waals surface area contributed by atoms with E-state index >= 15 is 0 Å². The molecule has 2 aromatic rings. The van der Waals surface area contributed by atoms with Gasteiger partial charge in [0.2, 0.25) is 0 Å². The van der Waals surface area contributed by atoms with Crippen molar-refractivity contribution in [1.82, 2.24) is 0 Å². The first-order valence-corrected chi connectivity index (χ1v) is 6.83. The summed E-state index contributed by atoms with van der Waals surface area (Å²) in [6, 6.07) is 15.0. The van der Waals surface area contributed by atoms with E-state index in [2.05, 4.69) is 21.2 Å². The maximum atomic E-state index is 12.0. The Labute approximate surface area is 129 Å². The van der Waals surface area contributed by atoms with Crippen LogP contribution in [0.15, 0.2) is 59.1 Å². The molecular weight excluding hydrogens is 336 g/mol. The summed E-state index contributed by atoms with van der Waals surface area (Å²) < 4.78 is 0.368. The van der Waals surface area contributed by atoms with Gasteiger partial charge in [-0.15, -0.1) is 0 Å². The van der Waals surface area contributed by atoms with E-state index in [4.69, 9.17) is 0 Å². The average molecular weight is 347 g/mol. The molecule has 1 amide bonds. The zero-order valence-electron chi connectivity index (χ0n) is 10.8. The fourth-order valence-electron chi connectivity index (χ4n) is 1.62. The van der Waals surface area contributed by atoms with Gasteiger partial charge in [-0.1, -0.05) is 30.3 Å². The molecule has 0 aliphatic heterocycles. The molecule has 0 spiro atoms. The lowest BCUT2D eigenvalue weighted by molar-refractivity contribution is -0.384. The molecule has 2 aromatic carbocycles. The highest BCUT2D eigenvalue weighted by Crippen LogP contribution is 2.18. The summed E-state index contributed by atoms with van der Waals surface area (Å²) in [5.74, 6) is -0.326. The molecule has 0 heterocycles. The van der Waals surface area contributed by atoms with Crippen molar-refractivity contribution in [2.45, 2.75) is 0 Å². The van der Waals surface area contributed by atoms with Crippen molar-refractivity contribution in [3.8, 4) is 0 Å². The van der Waals surface area contributed by atoms with Crippen LogP contribution in [-0.4, -0.2) is 10.8 Å². The van der Waals surface area contributed by atoms with Crippen molar-refractivity contribution in [2.24, 2.45) is 0 Å². The summed E-state index contributed by atoms with van der Waals surface area (Å²) in [5.41, 5.74) is 1.36. The van der Waals surface area contributed by atoms with E-state index in [0.29, 0.717) is 10.2 Å². The van der Waals surface area contributed by atoms with Gasteiger partial charge < -0.3 is 5.32 Å². The molecule has 0 saturated heterocycles. The van der Waals surface area contributed by atoms with Crippen molar-refractivity contribution < 1.29 is 9.72 Å². The average Bonchev–Trinajstić information content (AvgIpc) is 2.48. The number of nitro groups is 1. The van der Waals surface area contributed by atoms with Crippen molar-refractivity contribution in [1.29, 1.82) is 0 Å². The lowest BCUT2D eigenvalue weighted by Crippen LogP contribution is -2.11. The number of non-ortho nitro benzene ring substituents is 1. The van der Waals surface area contributed by atoms with E-state index in [0.717, 1.165) is 5.56 Å². The van der Waals surface area contributed by atoms with Crippen LogP contribution in [0.4, 0.5) is 11.4 Å². The quantitative estimate of drug-likeness (QED) is 0.517. The topological polar surface area (TPSA) is 72.2 Å². The van der Waals surface area contributed by atoms with E-state index in [1.807, 2.05) is 30.3 Å². The van der Waals surface area contributed by atoms with Gasteiger partial charge in [-0.3, -0.25) is 14.9 Å². The molecule has 0 aliphatic rings. The van der Waals surface area contributed by atoms with Gasteiger partial charge in [0.1, 0.15) is 0 Å². The smallest absolute Gasteiger partial charge is 0.269 e. The van der Waals surface area contributed by atoms with Crippen LogP contribution in [0.25, 0.3) is 6.08 Å². The summed E-state index contributed by atoms with van der Waals surface area (Å²) in [5, 5.41) is 13.2. The molecule has 0 aliphatic carbocycles. The first-order chi connectivity index (χ1) is 10.1. The number of nitro benzene ring substituents is 1. The second-order valence-electron chi connectivity index (χ2n) is 4.16. The fraction of sp³-hybridized carbons (Fsp3) is 0. The molecule has 0 bridgehead atoms. The number of nitrogens with one attached hydrogen (secondary N) is 1. The van der Waals surface area contributed by atoms with Crippen molar-refractivity contribution in [3.63, 3.8) is 0 Å². The first kappa shape index (κ1) is 14.9. The monoisotopic (exact) mass is 346 g/mol.